The van der Waals surface area contributed by atoms with Gasteiger partial charge in [0.1, 0.15) is 10.6 Å². The third kappa shape index (κ3) is 4.33. The maximum absolute atomic E-state index is 12.3. The predicted octanol–water partition coefficient (Wildman–Crippen LogP) is 5.49. The van der Waals surface area contributed by atoms with Crippen molar-refractivity contribution >= 4 is 51.2 Å². The number of hydrogen-bond acceptors (Lipinski definition) is 5. The van der Waals surface area contributed by atoms with Crippen LogP contribution in [0.1, 0.15) is 22.3 Å². The van der Waals surface area contributed by atoms with Crippen LogP contribution in [0, 0.1) is 0 Å². The van der Waals surface area contributed by atoms with Gasteiger partial charge in [-0.2, -0.15) is 0 Å². The van der Waals surface area contributed by atoms with E-state index in [0.717, 1.165) is 16.0 Å². The number of aryl methyl sites for hydroxylation is 1. The van der Waals surface area contributed by atoms with Gasteiger partial charge in [0.2, 0.25) is 5.91 Å². The second-order valence-electron chi connectivity index (χ2n) is 5.50. The first-order chi connectivity index (χ1) is 12.6. The summed E-state index contributed by atoms with van der Waals surface area (Å²) in [6.07, 6.45) is 0.911. The Morgan fingerprint density at radius 2 is 1.92 bits per heavy atom. The van der Waals surface area contributed by atoms with Crippen LogP contribution in [-0.2, 0) is 16.0 Å². The molecule has 2 aromatic heterocycles. The van der Waals surface area contributed by atoms with Crippen LogP contribution in [0.4, 0.5) is 5.00 Å². The smallest absolute Gasteiger partial charge is 0.341 e. The zero-order valence-electron chi connectivity index (χ0n) is 14.0. The van der Waals surface area contributed by atoms with Crippen molar-refractivity contribution in [2.45, 2.75) is 12.8 Å². The summed E-state index contributed by atoms with van der Waals surface area (Å²) in [5.41, 5.74) is 2.22. The molecule has 2 heterocycles. The van der Waals surface area contributed by atoms with Gasteiger partial charge in [-0.25, -0.2) is 4.79 Å². The molecule has 0 saturated heterocycles. The van der Waals surface area contributed by atoms with E-state index < -0.39 is 5.97 Å². The Morgan fingerprint density at radius 1 is 1.15 bits per heavy atom. The van der Waals surface area contributed by atoms with Gasteiger partial charge in [-0.15, -0.1) is 22.7 Å². The van der Waals surface area contributed by atoms with Gasteiger partial charge in [0.15, 0.2) is 0 Å². The quantitative estimate of drug-likeness (QED) is 0.552. The second kappa shape index (κ2) is 8.49. The van der Waals surface area contributed by atoms with Crippen LogP contribution < -0.4 is 5.32 Å². The van der Waals surface area contributed by atoms with Gasteiger partial charge in [-0.1, -0.05) is 29.8 Å². The highest BCUT2D eigenvalue weighted by Gasteiger charge is 2.22. The van der Waals surface area contributed by atoms with Crippen molar-refractivity contribution in [3.63, 3.8) is 0 Å². The first kappa shape index (κ1) is 18.6. The monoisotopic (exact) mass is 405 g/mol. The lowest BCUT2D eigenvalue weighted by atomic mass is 10.1. The fraction of sp³-hybridized carbons (Fsp3) is 0.158. The van der Waals surface area contributed by atoms with Gasteiger partial charge in [0.25, 0.3) is 0 Å². The molecule has 3 rings (SSSR count). The summed E-state index contributed by atoms with van der Waals surface area (Å²) < 4.78 is 4.90. The molecule has 0 aliphatic carbocycles. The van der Waals surface area contributed by atoms with E-state index in [1.165, 1.54) is 29.8 Å². The molecule has 0 bridgehead atoms. The largest absolute Gasteiger partial charge is 0.465 e. The van der Waals surface area contributed by atoms with E-state index in [4.69, 9.17) is 16.3 Å². The van der Waals surface area contributed by atoms with Crippen LogP contribution in [0.25, 0.3) is 10.4 Å². The van der Waals surface area contributed by atoms with Gasteiger partial charge in [0, 0.05) is 27.3 Å². The molecule has 1 amide bonds. The number of nitrogens with one attached hydrogen (secondary N) is 1. The van der Waals surface area contributed by atoms with Crippen LogP contribution in [-0.4, -0.2) is 19.0 Å². The molecule has 0 radical (unpaired) electrons. The molecule has 0 atom stereocenters. The number of halogens is 1. The van der Waals surface area contributed by atoms with Gasteiger partial charge < -0.3 is 10.1 Å². The lowest BCUT2D eigenvalue weighted by molar-refractivity contribution is -0.116. The maximum Gasteiger partial charge on any atom is 0.341 e. The van der Waals surface area contributed by atoms with Crippen molar-refractivity contribution in [3.8, 4) is 10.4 Å². The second-order valence-corrected chi connectivity index (χ2v) is 7.76. The summed E-state index contributed by atoms with van der Waals surface area (Å²) in [7, 11) is 1.34. The van der Waals surface area contributed by atoms with Gasteiger partial charge >= 0.3 is 5.97 Å². The SMILES string of the molecule is COC(=O)c1c(-c2cccs2)csc1NC(=O)CCc1ccc(Cl)cc1. The molecule has 1 N–H and O–H groups in total. The standard InChI is InChI=1S/C19H16ClNO3S2/c1-24-19(23)17-14(15-3-2-10-25-15)11-26-18(17)21-16(22)9-6-12-4-7-13(20)8-5-12/h2-5,7-8,10-11H,6,9H2,1H3,(H,21,22). The van der Waals surface area contributed by atoms with Gasteiger partial charge in [-0.05, 0) is 35.6 Å². The molecule has 0 fully saturated rings. The molecule has 0 aliphatic rings. The van der Waals surface area contributed by atoms with Crippen molar-refractivity contribution in [2.24, 2.45) is 0 Å². The number of thiophene rings is 2. The average molecular weight is 406 g/mol. The number of esters is 1. The molecule has 0 spiro atoms. The number of amides is 1. The molecule has 7 heteroatoms. The van der Waals surface area contributed by atoms with Gasteiger partial charge in [0.05, 0.1) is 7.11 Å². The Morgan fingerprint density at radius 3 is 2.58 bits per heavy atom. The number of benzene rings is 1. The summed E-state index contributed by atoms with van der Waals surface area (Å²) in [5, 5.41) is 7.84. The first-order valence-corrected chi connectivity index (χ1v) is 10.00. The molecule has 0 saturated carbocycles. The van der Waals surface area contributed by atoms with Gasteiger partial charge in [-0.3, -0.25) is 4.79 Å². The Balaban J connectivity index is 1.73. The lowest BCUT2D eigenvalue weighted by Gasteiger charge is -2.07. The van der Waals surface area contributed by atoms with E-state index in [2.05, 4.69) is 5.32 Å². The summed E-state index contributed by atoms with van der Waals surface area (Å²) in [4.78, 5) is 25.5. The minimum Gasteiger partial charge on any atom is -0.465 e. The number of carbonyl (C=O) groups excluding carboxylic acids is 2. The highest BCUT2D eigenvalue weighted by molar-refractivity contribution is 7.17. The number of rotatable bonds is 6. The Kier molecular flexibility index (Phi) is 6.08. The normalized spacial score (nSPS) is 10.5. The molecule has 134 valence electrons. The van der Waals surface area contributed by atoms with E-state index in [1.807, 2.05) is 35.0 Å². The molecule has 4 nitrogen and oxygen atoms in total. The zero-order valence-corrected chi connectivity index (χ0v) is 16.3. The Bertz CT molecular complexity index is 902. The minimum absolute atomic E-state index is 0.148. The fourth-order valence-corrected chi connectivity index (χ4v) is 4.38. The zero-order chi connectivity index (χ0) is 18.5. The Hall–Kier alpha value is -2.15. The van der Waals surface area contributed by atoms with Crippen molar-refractivity contribution in [3.05, 3.63) is 63.3 Å². The van der Waals surface area contributed by atoms with Crippen LogP contribution in [0.3, 0.4) is 0 Å². The molecule has 3 aromatic rings. The molecule has 0 unspecified atom stereocenters. The van der Waals surface area contributed by atoms with E-state index >= 15 is 0 Å². The number of hydrogen-bond donors (Lipinski definition) is 1. The Labute approximate surface area is 164 Å². The average Bonchev–Trinajstić information content (AvgIpc) is 3.30. The van der Waals surface area contributed by atoms with Crippen LogP contribution in [0.5, 0.6) is 0 Å². The molecule has 0 aliphatic heterocycles. The topological polar surface area (TPSA) is 55.4 Å². The third-order valence-corrected chi connectivity index (χ3v) is 5.82. The summed E-state index contributed by atoms with van der Waals surface area (Å²) in [6.45, 7) is 0. The number of ether oxygens (including phenoxy) is 1. The maximum atomic E-state index is 12.3. The van der Waals surface area contributed by atoms with Crippen molar-refractivity contribution in [2.75, 3.05) is 12.4 Å². The van der Waals surface area contributed by atoms with Crippen molar-refractivity contribution in [1.82, 2.24) is 0 Å². The fourth-order valence-electron chi connectivity index (χ4n) is 2.47. The number of carbonyl (C=O) groups is 2. The van der Waals surface area contributed by atoms with E-state index in [9.17, 15) is 9.59 Å². The minimum atomic E-state index is -0.456. The highest BCUT2D eigenvalue weighted by atomic mass is 35.5. The summed E-state index contributed by atoms with van der Waals surface area (Å²) in [5.74, 6) is -0.604. The number of anilines is 1. The molecular formula is C19H16ClNO3S2. The van der Waals surface area contributed by atoms with E-state index in [0.29, 0.717) is 28.4 Å². The van der Waals surface area contributed by atoms with Crippen LogP contribution >= 0.6 is 34.3 Å². The third-order valence-electron chi connectivity index (χ3n) is 3.77. The summed E-state index contributed by atoms with van der Waals surface area (Å²) >= 11 is 8.73. The number of methoxy groups -OCH3 is 1. The van der Waals surface area contributed by atoms with E-state index in [1.54, 1.807) is 12.1 Å². The first-order valence-electron chi connectivity index (χ1n) is 7.86. The van der Waals surface area contributed by atoms with Crippen LogP contribution in [0.2, 0.25) is 5.02 Å². The lowest BCUT2D eigenvalue weighted by Crippen LogP contribution is -2.14. The molecule has 26 heavy (non-hydrogen) atoms. The summed E-state index contributed by atoms with van der Waals surface area (Å²) in [6, 6.07) is 11.3. The highest BCUT2D eigenvalue weighted by Crippen LogP contribution is 2.38. The van der Waals surface area contributed by atoms with Crippen LogP contribution in [0.15, 0.2) is 47.2 Å². The predicted molar refractivity (Wildman–Crippen MR) is 107 cm³/mol. The van der Waals surface area contributed by atoms with E-state index in [-0.39, 0.29) is 5.91 Å². The van der Waals surface area contributed by atoms with Crippen molar-refractivity contribution < 1.29 is 14.3 Å². The van der Waals surface area contributed by atoms with Crippen molar-refractivity contribution in [1.29, 1.82) is 0 Å². The molecule has 1 aromatic carbocycles. The molecular weight excluding hydrogens is 390 g/mol.